The van der Waals surface area contributed by atoms with Crippen LogP contribution in [0.5, 0.6) is 17.2 Å². The van der Waals surface area contributed by atoms with Gasteiger partial charge in [-0.05, 0) is 30.2 Å². The number of hydrogen-bond acceptors (Lipinski definition) is 4. The Morgan fingerprint density at radius 1 is 0.958 bits per heavy atom. The van der Waals surface area contributed by atoms with Crippen molar-refractivity contribution in [2.75, 3.05) is 21.3 Å². The lowest BCUT2D eigenvalue weighted by atomic mass is 9.69. The molecular formula is C20H33NO3. The molecule has 24 heavy (non-hydrogen) atoms. The number of benzene rings is 1. The van der Waals surface area contributed by atoms with Crippen molar-refractivity contribution in [3.8, 4) is 17.2 Å². The Morgan fingerprint density at radius 3 is 2.21 bits per heavy atom. The van der Waals surface area contributed by atoms with Gasteiger partial charge in [0.15, 0.2) is 11.5 Å². The van der Waals surface area contributed by atoms with Crippen LogP contribution in [0.4, 0.5) is 0 Å². The molecule has 1 aromatic rings. The van der Waals surface area contributed by atoms with E-state index in [4.69, 9.17) is 14.2 Å². The molecule has 1 N–H and O–H groups in total. The van der Waals surface area contributed by atoms with Crippen LogP contribution in [0.3, 0.4) is 0 Å². The van der Waals surface area contributed by atoms with Crippen LogP contribution >= 0.6 is 0 Å². The third-order valence-corrected chi connectivity index (χ3v) is 5.22. The third-order valence-electron chi connectivity index (χ3n) is 5.22. The molecule has 0 heterocycles. The molecule has 4 nitrogen and oxygen atoms in total. The molecule has 136 valence electrons. The fourth-order valence-corrected chi connectivity index (χ4v) is 3.96. The van der Waals surface area contributed by atoms with Gasteiger partial charge in [0.25, 0.3) is 0 Å². The molecule has 0 amide bonds. The molecule has 0 radical (unpaired) electrons. The quantitative estimate of drug-likeness (QED) is 0.836. The predicted octanol–water partition coefficient (Wildman–Crippen LogP) is 4.41. The summed E-state index contributed by atoms with van der Waals surface area (Å²) in [5, 5.41) is 3.78. The summed E-state index contributed by atoms with van der Waals surface area (Å²) in [7, 11) is 4.97. The molecule has 2 atom stereocenters. The number of methoxy groups -OCH3 is 3. The smallest absolute Gasteiger partial charge is 0.203 e. The molecule has 1 fully saturated rings. The van der Waals surface area contributed by atoms with E-state index in [-0.39, 0.29) is 0 Å². The Labute approximate surface area is 146 Å². The first kappa shape index (κ1) is 18.9. The number of ether oxygens (including phenoxy) is 3. The molecule has 0 bridgehead atoms. The normalized spacial score (nSPS) is 21.4. The van der Waals surface area contributed by atoms with E-state index in [0.29, 0.717) is 28.9 Å². The Bertz CT molecular complexity index is 536. The number of rotatable bonds is 6. The maximum Gasteiger partial charge on any atom is 0.203 e. The van der Waals surface area contributed by atoms with Gasteiger partial charge in [0, 0.05) is 18.2 Å². The number of hydrogen-bond donors (Lipinski definition) is 1. The van der Waals surface area contributed by atoms with Crippen molar-refractivity contribution in [1.82, 2.24) is 5.32 Å². The van der Waals surface area contributed by atoms with Gasteiger partial charge in [-0.2, -0.15) is 0 Å². The Balaban J connectivity index is 2.16. The van der Waals surface area contributed by atoms with E-state index < -0.39 is 0 Å². The zero-order valence-corrected chi connectivity index (χ0v) is 16.1. The highest BCUT2D eigenvalue weighted by Crippen LogP contribution is 2.41. The lowest BCUT2D eigenvalue weighted by Gasteiger charge is -2.41. The Morgan fingerprint density at radius 2 is 1.62 bits per heavy atom. The topological polar surface area (TPSA) is 39.7 Å². The minimum atomic E-state index is 0.333. The van der Waals surface area contributed by atoms with Crippen LogP contribution in [0, 0.1) is 11.3 Å². The monoisotopic (exact) mass is 335 g/mol. The van der Waals surface area contributed by atoms with Crippen LogP contribution in [-0.2, 0) is 6.54 Å². The standard InChI is InChI=1S/C20H33NO3/c1-20(2,3)15-9-7-8-10-16(15)21-13-14-11-12-17(22-4)19(24-6)18(14)23-5/h11-12,15-16,21H,7-10,13H2,1-6H3/t15-,16-/m1/s1. The van der Waals surface area contributed by atoms with Crippen molar-refractivity contribution in [1.29, 1.82) is 0 Å². The van der Waals surface area contributed by atoms with E-state index in [1.807, 2.05) is 6.07 Å². The maximum absolute atomic E-state index is 5.60. The molecule has 1 saturated carbocycles. The third kappa shape index (κ3) is 4.15. The van der Waals surface area contributed by atoms with E-state index in [9.17, 15) is 0 Å². The van der Waals surface area contributed by atoms with Crippen molar-refractivity contribution < 1.29 is 14.2 Å². The van der Waals surface area contributed by atoms with Crippen molar-refractivity contribution >= 4 is 0 Å². The first-order valence-corrected chi connectivity index (χ1v) is 8.93. The molecule has 0 aliphatic heterocycles. The van der Waals surface area contributed by atoms with Gasteiger partial charge in [0.1, 0.15) is 0 Å². The fourth-order valence-electron chi connectivity index (χ4n) is 3.96. The minimum Gasteiger partial charge on any atom is -0.493 e. The first-order chi connectivity index (χ1) is 11.4. The minimum absolute atomic E-state index is 0.333. The number of nitrogens with one attached hydrogen (secondary N) is 1. The molecule has 1 aliphatic rings. The van der Waals surface area contributed by atoms with Gasteiger partial charge in [-0.15, -0.1) is 0 Å². The van der Waals surface area contributed by atoms with E-state index >= 15 is 0 Å². The lowest BCUT2D eigenvalue weighted by molar-refractivity contribution is 0.130. The summed E-state index contributed by atoms with van der Waals surface area (Å²) in [6.45, 7) is 7.85. The van der Waals surface area contributed by atoms with Crippen molar-refractivity contribution in [3.05, 3.63) is 17.7 Å². The van der Waals surface area contributed by atoms with Gasteiger partial charge >= 0.3 is 0 Å². The van der Waals surface area contributed by atoms with E-state index in [1.165, 1.54) is 25.7 Å². The zero-order valence-electron chi connectivity index (χ0n) is 16.1. The van der Waals surface area contributed by atoms with Crippen LogP contribution in [0.15, 0.2) is 12.1 Å². The second kappa shape index (κ2) is 8.11. The maximum atomic E-state index is 5.60. The van der Waals surface area contributed by atoms with Crippen molar-refractivity contribution in [2.45, 2.75) is 59.0 Å². The lowest BCUT2D eigenvalue weighted by Crippen LogP contribution is -2.43. The highest BCUT2D eigenvalue weighted by molar-refractivity contribution is 5.55. The fraction of sp³-hybridized carbons (Fsp3) is 0.700. The summed E-state index contributed by atoms with van der Waals surface area (Å²) in [5.41, 5.74) is 1.44. The molecular weight excluding hydrogens is 302 g/mol. The van der Waals surface area contributed by atoms with Crippen LogP contribution in [0.25, 0.3) is 0 Å². The Hall–Kier alpha value is -1.42. The summed E-state index contributed by atoms with van der Waals surface area (Å²) >= 11 is 0. The highest BCUT2D eigenvalue weighted by Gasteiger charge is 2.33. The molecule has 1 aliphatic carbocycles. The van der Waals surface area contributed by atoms with Crippen LogP contribution in [-0.4, -0.2) is 27.4 Å². The molecule has 0 spiro atoms. The summed E-state index contributed by atoms with van der Waals surface area (Å²) in [6, 6.07) is 4.55. The van der Waals surface area contributed by atoms with Crippen LogP contribution < -0.4 is 19.5 Å². The first-order valence-electron chi connectivity index (χ1n) is 8.93. The molecule has 1 aromatic carbocycles. The zero-order chi connectivity index (χ0) is 17.7. The van der Waals surface area contributed by atoms with Gasteiger partial charge < -0.3 is 19.5 Å². The predicted molar refractivity (Wildman–Crippen MR) is 98.1 cm³/mol. The van der Waals surface area contributed by atoms with Gasteiger partial charge in [-0.1, -0.05) is 39.7 Å². The summed E-state index contributed by atoms with van der Waals surface area (Å²) in [5.74, 6) is 2.82. The Kier molecular flexibility index (Phi) is 6.39. The molecule has 0 saturated heterocycles. The second-order valence-corrected chi connectivity index (χ2v) is 7.74. The SMILES string of the molecule is COc1ccc(CN[C@@H]2CCCC[C@H]2C(C)(C)C)c(OC)c1OC. The second-order valence-electron chi connectivity index (χ2n) is 7.74. The molecule has 4 heteroatoms. The molecule has 2 rings (SSSR count). The van der Waals surface area contributed by atoms with E-state index in [0.717, 1.165) is 17.9 Å². The van der Waals surface area contributed by atoms with Gasteiger partial charge in [0.2, 0.25) is 5.75 Å². The van der Waals surface area contributed by atoms with Gasteiger partial charge in [0.05, 0.1) is 21.3 Å². The average molecular weight is 335 g/mol. The largest absolute Gasteiger partial charge is 0.493 e. The van der Waals surface area contributed by atoms with E-state index in [2.05, 4.69) is 32.2 Å². The molecule has 0 unspecified atom stereocenters. The van der Waals surface area contributed by atoms with Gasteiger partial charge in [-0.3, -0.25) is 0 Å². The summed E-state index contributed by atoms with van der Waals surface area (Å²) in [4.78, 5) is 0. The molecule has 0 aromatic heterocycles. The van der Waals surface area contributed by atoms with Crippen LogP contribution in [0.1, 0.15) is 52.0 Å². The van der Waals surface area contributed by atoms with Crippen molar-refractivity contribution in [2.24, 2.45) is 11.3 Å². The van der Waals surface area contributed by atoms with Crippen LogP contribution in [0.2, 0.25) is 0 Å². The van der Waals surface area contributed by atoms with Crippen molar-refractivity contribution in [3.63, 3.8) is 0 Å². The van der Waals surface area contributed by atoms with E-state index in [1.54, 1.807) is 21.3 Å². The highest BCUT2D eigenvalue weighted by atomic mass is 16.5. The average Bonchev–Trinajstić information content (AvgIpc) is 2.58. The summed E-state index contributed by atoms with van der Waals surface area (Å²) < 4.78 is 16.5. The van der Waals surface area contributed by atoms with Gasteiger partial charge in [-0.25, -0.2) is 0 Å². The summed E-state index contributed by atoms with van der Waals surface area (Å²) in [6.07, 6.45) is 5.22.